The molecule has 1 rings (SSSR count). The van der Waals surface area contributed by atoms with E-state index in [0.717, 1.165) is 11.3 Å². The van der Waals surface area contributed by atoms with Gasteiger partial charge in [0.1, 0.15) is 5.60 Å². The van der Waals surface area contributed by atoms with Crippen LogP contribution in [0.1, 0.15) is 32.4 Å². The maximum atomic E-state index is 11.8. The lowest BCUT2D eigenvalue weighted by Crippen LogP contribution is -2.35. The fourth-order valence-electron chi connectivity index (χ4n) is 1.52. The van der Waals surface area contributed by atoms with Gasteiger partial charge in [-0.1, -0.05) is 30.3 Å². The van der Waals surface area contributed by atoms with Crippen molar-refractivity contribution in [2.24, 2.45) is 0 Å². The summed E-state index contributed by atoms with van der Waals surface area (Å²) < 4.78 is 5.28. The minimum atomic E-state index is -0.468. The lowest BCUT2D eigenvalue weighted by Gasteiger charge is -2.23. The molecule has 0 aliphatic heterocycles. The van der Waals surface area contributed by atoms with E-state index >= 15 is 0 Å². The molecule has 18 heavy (non-hydrogen) atoms. The molecular weight excluding hydrogens is 246 g/mol. The fraction of sp³-hybridized carbons (Fsp3) is 0.500. The Morgan fingerprint density at radius 2 is 1.94 bits per heavy atom. The Labute approximate surface area is 113 Å². The molecule has 100 valence electrons. The number of thioether (sulfide) groups is 1. The highest BCUT2D eigenvalue weighted by molar-refractivity contribution is 7.98. The summed E-state index contributed by atoms with van der Waals surface area (Å²) >= 11 is 1.69. The molecule has 1 atom stereocenters. The maximum Gasteiger partial charge on any atom is 0.408 e. The zero-order valence-corrected chi connectivity index (χ0v) is 12.2. The highest BCUT2D eigenvalue weighted by atomic mass is 32.2. The van der Waals surface area contributed by atoms with Crippen molar-refractivity contribution in [2.45, 2.75) is 32.4 Å². The average molecular weight is 267 g/mol. The highest BCUT2D eigenvalue weighted by Gasteiger charge is 2.20. The van der Waals surface area contributed by atoms with E-state index in [0.29, 0.717) is 0 Å². The summed E-state index contributed by atoms with van der Waals surface area (Å²) in [6, 6.07) is 9.92. The number of carbonyl (C=O) groups excluding carboxylic acids is 1. The number of hydrogen-bond donors (Lipinski definition) is 1. The van der Waals surface area contributed by atoms with Gasteiger partial charge in [0, 0.05) is 5.75 Å². The third-order valence-corrected chi connectivity index (χ3v) is 2.89. The first kappa shape index (κ1) is 14.9. The topological polar surface area (TPSA) is 38.3 Å². The fourth-order valence-corrected chi connectivity index (χ4v) is 2.13. The number of amides is 1. The van der Waals surface area contributed by atoms with Crippen molar-refractivity contribution in [3.05, 3.63) is 35.9 Å². The molecule has 0 saturated carbocycles. The maximum absolute atomic E-state index is 11.8. The number of ether oxygens (including phenoxy) is 1. The first-order valence-electron chi connectivity index (χ1n) is 5.96. The molecule has 0 heterocycles. The number of nitrogens with one attached hydrogen (secondary N) is 1. The van der Waals surface area contributed by atoms with Crippen molar-refractivity contribution in [1.82, 2.24) is 5.32 Å². The van der Waals surface area contributed by atoms with Crippen molar-refractivity contribution in [3.63, 3.8) is 0 Å². The van der Waals surface area contributed by atoms with Crippen LogP contribution in [0.15, 0.2) is 30.3 Å². The molecular formula is C14H21NO2S. The predicted octanol–water partition coefficient (Wildman–Crippen LogP) is 3.62. The van der Waals surface area contributed by atoms with E-state index in [2.05, 4.69) is 5.32 Å². The van der Waals surface area contributed by atoms with Crippen LogP contribution in [0.2, 0.25) is 0 Å². The first-order chi connectivity index (χ1) is 8.42. The lowest BCUT2D eigenvalue weighted by atomic mass is 10.1. The van der Waals surface area contributed by atoms with Crippen LogP contribution in [0.25, 0.3) is 0 Å². The monoisotopic (exact) mass is 267 g/mol. The predicted molar refractivity (Wildman–Crippen MR) is 76.9 cm³/mol. The molecule has 0 saturated heterocycles. The second-order valence-electron chi connectivity index (χ2n) is 5.06. The van der Waals surface area contributed by atoms with Crippen molar-refractivity contribution in [3.8, 4) is 0 Å². The summed E-state index contributed by atoms with van der Waals surface area (Å²) in [5, 5.41) is 2.91. The molecule has 0 radical (unpaired) electrons. The molecule has 1 aromatic rings. The van der Waals surface area contributed by atoms with E-state index in [1.54, 1.807) is 11.8 Å². The van der Waals surface area contributed by atoms with Gasteiger partial charge in [0.2, 0.25) is 0 Å². The number of carbonyl (C=O) groups is 1. The SMILES string of the molecule is CSC[C@@H](NC(=O)OC(C)(C)C)c1ccccc1. The standard InChI is InChI=1S/C14H21NO2S/c1-14(2,3)17-13(16)15-12(10-18-4)11-8-6-5-7-9-11/h5-9,12H,10H2,1-4H3,(H,15,16)/t12-/m1/s1. The van der Waals surface area contributed by atoms with Gasteiger partial charge >= 0.3 is 6.09 Å². The third-order valence-electron chi connectivity index (χ3n) is 2.23. The van der Waals surface area contributed by atoms with Crippen LogP contribution >= 0.6 is 11.8 Å². The quantitative estimate of drug-likeness (QED) is 0.905. The highest BCUT2D eigenvalue weighted by Crippen LogP contribution is 2.18. The van der Waals surface area contributed by atoms with Gasteiger partial charge in [-0.15, -0.1) is 0 Å². The molecule has 0 aromatic heterocycles. The molecule has 0 bridgehead atoms. The van der Waals surface area contributed by atoms with Crippen molar-refractivity contribution >= 4 is 17.9 Å². The molecule has 1 N–H and O–H groups in total. The van der Waals surface area contributed by atoms with Gasteiger partial charge in [-0.2, -0.15) is 11.8 Å². The molecule has 1 amide bonds. The first-order valence-corrected chi connectivity index (χ1v) is 7.35. The zero-order valence-electron chi connectivity index (χ0n) is 11.4. The normalized spacial score (nSPS) is 12.9. The third kappa shape index (κ3) is 5.45. The van der Waals surface area contributed by atoms with E-state index in [1.807, 2.05) is 57.4 Å². The second kappa shape index (κ2) is 6.69. The van der Waals surface area contributed by atoms with E-state index in [9.17, 15) is 4.79 Å². The number of hydrogen-bond acceptors (Lipinski definition) is 3. The molecule has 1 aromatic carbocycles. The Hall–Kier alpha value is -1.16. The van der Waals surface area contributed by atoms with Crippen LogP contribution in [0.5, 0.6) is 0 Å². The molecule has 4 heteroatoms. The van der Waals surface area contributed by atoms with Crippen molar-refractivity contribution < 1.29 is 9.53 Å². The summed E-state index contributed by atoms with van der Waals surface area (Å²) in [5.41, 5.74) is 0.628. The Balaban J connectivity index is 2.67. The number of alkyl carbamates (subject to hydrolysis) is 1. The van der Waals surface area contributed by atoms with Gasteiger partial charge in [0.25, 0.3) is 0 Å². The Bertz CT molecular complexity index is 373. The zero-order chi connectivity index (χ0) is 13.6. The van der Waals surface area contributed by atoms with E-state index < -0.39 is 5.60 Å². The summed E-state index contributed by atoms with van der Waals surface area (Å²) in [5.74, 6) is 0.823. The Morgan fingerprint density at radius 3 is 2.44 bits per heavy atom. The molecule has 0 aliphatic carbocycles. The molecule has 3 nitrogen and oxygen atoms in total. The van der Waals surface area contributed by atoms with E-state index in [-0.39, 0.29) is 12.1 Å². The second-order valence-corrected chi connectivity index (χ2v) is 5.98. The van der Waals surface area contributed by atoms with Crippen LogP contribution in [-0.2, 0) is 4.74 Å². The van der Waals surface area contributed by atoms with E-state index in [4.69, 9.17) is 4.74 Å². The Kier molecular flexibility index (Phi) is 5.54. The van der Waals surface area contributed by atoms with Gasteiger partial charge in [-0.25, -0.2) is 4.79 Å². The number of benzene rings is 1. The Morgan fingerprint density at radius 1 is 1.33 bits per heavy atom. The molecule has 0 unspecified atom stereocenters. The summed E-state index contributed by atoms with van der Waals surface area (Å²) in [4.78, 5) is 11.8. The van der Waals surface area contributed by atoms with Crippen molar-refractivity contribution in [1.29, 1.82) is 0 Å². The van der Waals surface area contributed by atoms with E-state index in [1.165, 1.54) is 0 Å². The average Bonchev–Trinajstić information content (AvgIpc) is 2.27. The van der Waals surface area contributed by atoms with Crippen LogP contribution in [0.4, 0.5) is 4.79 Å². The van der Waals surface area contributed by atoms with Crippen molar-refractivity contribution in [2.75, 3.05) is 12.0 Å². The van der Waals surface area contributed by atoms with Gasteiger partial charge in [-0.05, 0) is 32.6 Å². The lowest BCUT2D eigenvalue weighted by molar-refractivity contribution is 0.0509. The van der Waals surface area contributed by atoms with Crippen LogP contribution in [-0.4, -0.2) is 23.7 Å². The van der Waals surface area contributed by atoms with Gasteiger partial charge in [0.05, 0.1) is 6.04 Å². The van der Waals surface area contributed by atoms with Gasteiger partial charge in [-0.3, -0.25) is 0 Å². The largest absolute Gasteiger partial charge is 0.444 e. The molecule has 0 aliphatic rings. The van der Waals surface area contributed by atoms with Gasteiger partial charge < -0.3 is 10.1 Å². The summed E-state index contributed by atoms with van der Waals surface area (Å²) in [6.07, 6.45) is 1.65. The molecule has 0 spiro atoms. The minimum absolute atomic E-state index is 0.0175. The van der Waals surface area contributed by atoms with Crippen LogP contribution < -0.4 is 5.32 Å². The van der Waals surface area contributed by atoms with Crippen LogP contribution in [0.3, 0.4) is 0 Å². The summed E-state index contributed by atoms with van der Waals surface area (Å²) in [7, 11) is 0. The van der Waals surface area contributed by atoms with Crippen LogP contribution in [0, 0.1) is 0 Å². The van der Waals surface area contributed by atoms with Gasteiger partial charge in [0.15, 0.2) is 0 Å². The molecule has 0 fully saturated rings. The smallest absolute Gasteiger partial charge is 0.408 e. The number of rotatable bonds is 4. The summed E-state index contributed by atoms with van der Waals surface area (Å²) in [6.45, 7) is 5.58. The minimum Gasteiger partial charge on any atom is -0.444 e.